The molecule has 8 nitrogen and oxygen atoms in total. The van der Waals surface area contributed by atoms with Gasteiger partial charge >= 0.3 is 5.69 Å². The summed E-state index contributed by atoms with van der Waals surface area (Å²) in [6, 6.07) is 9.77. The molecule has 0 bridgehead atoms. The van der Waals surface area contributed by atoms with Crippen molar-refractivity contribution in [3.05, 3.63) is 70.7 Å². The summed E-state index contributed by atoms with van der Waals surface area (Å²) in [6.07, 6.45) is 6.82. The Balaban J connectivity index is 1.47. The summed E-state index contributed by atoms with van der Waals surface area (Å²) in [6.45, 7) is -0.193. The van der Waals surface area contributed by atoms with E-state index in [0.29, 0.717) is 22.7 Å². The number of ether oxygens (including phenoxy) is 2. The van der Waals surface area contributed by atoms with Gasteiger partial charge in [-0.3, -0.25) is 4.79 Å². The molecule has 0 fully saturated rings. The lowest BCUT2D eigenvalue weighted by atomic mass is 10.1. The molecule has 1 N–H and O–H groups in total. The second kappa shape index (κ2) is 7.52. The molecule has 0 radical (unpaired) electrons. The van der Waals surface area contributed by atoms with Gasteiger partial charge in [-0.05, 0) is 42.0 Å². The number of fused-ring (bicyclic) bond motifs is 1. The SMILES string of the molecule is C#C[C@H](NC(=O)Cn1ncn(-c2ccc(F)cc2)c1=O)c1ccc2c(c1)OCO2. The number of nitrogens with zero attached hydrogens (tertiary/aromatic N) is 3. The Labute approximate surface area is 164 Å². The number of nitrogens with one attached hydrogen (secondary N) is 1. The molecule has 0 spiro atoms. The number of hydrogen-bond donors (Lipinski definition) is 1. The summed E-state index contributed by atoms with van der Waals surface area (Å²) < 4.78 is 25.8. The van der Waals surface area contributed by atoms with Gasteiger partial charge in [-0.2, -0.15) is 5.10 Å². The highest BCUT2D eigenvalue weighted by molar-refractivity contribution is 5.76. The normalized spacial score (nSPS) is 13.0. The highest BCUT2D eigenvalue weighted by Crippen LogP contribution is 2.34. The quantitative estimate of drug-likeness (QED) is 0.661. The van der Waals surface area contributed by atoms with Gasteiger partial charge in [0.2, 0.25) is 12.7 Å². The van der Waals surface area contributed by atoms with Gasteiger partial charge in [0.05, 0.1) is 5.69 Å². The predicted octanol–water partition coefficient (Wildman–Crippen LogP) is 1.39. The average Bonchev–Trinajstić information content (AvgIpc) is 3.33. The van der Waals surface area contributed by atoms with Crippen LogP contribution in [0.4, 0.5) is 4.39 Å². The molecule has 4 rings (SSSR count). The lowest BCUT2D eigenvalue weighted by molar-refractivity contribution is -0.122. The lowest BCUT2D eigenvalue weighted by Crippen LogP contribution is -2.35. The molecule has 0 unspecified atom stereocenters. The largest absolute Gasteiger partial charge is 0.454 e. The minimum Gasteiger partial charge on any atom is -0.454 e. The van der Waals surface area contributed by atoms with Crippen LogP contribution in [0.25, 0.3) is 5.69 Å². The minimum absolute atomic E-state index is 0.130. The third-order valence-electron chi connectivity index (χ3n) is 4.33. The monoisotopic (exact) mass is 394 g/mol. The van der Waals surface area contributed by atoms with E-state index in [0.717, 1.165) is 4.68 Å². The van der Waals surface area contributed by atoms with E-state index in [1.165, 1.54) is 35.2 Å². The number of terminal acetylenes is 1. The van der Waals surface area contributed by atoms with Gasteiger partial charge in [-0.1, -0.05) is 12.0 Å². The van der Waals surface area contributed by atoms with Crippen molar-refractivity contribution >= 4 is 5.91 Å². The van der Waals surface area contributed by atoms with E-state index >= 15 is 0 Å². The summed E-state index contributed by atoms with van der Waals surface area (Å²) in [5, 5.41) is 6.61. The third-order valence-corrected chi connectivity index (χ3v) is 4.33. The van der Waals surface area contributed by atoms with E-state index in [4.69, 9.17) is 15.9 Å². The van der Waals surface area contributed by atoms with E-state index in [-0.39, 0.29) is 13.3 Å². The van der Waals surface area contributed by atoms with Gasteiger partial charge in [-0.25, -0.2) is 18.4 Å². The summed E-state index contributed by atoms with van der Waals surface area (Å²) in [4.78, 5) is 24.9. The summed E-state index contributed by atoms with van der Waals surface area (Å²) >= 11 is 0. The van der Waals surface area contributed by atoms with Crippen molar-refractivity contribution in [2.75, 3.05) is 6.79 Å². The van der Waals surface area contributed by atoms with Crippen molar-refractivity contribution in [3.8, 4) is 29.5 Å². The number of amides is 1. The topological polar surface area (TPSA) is 87.4 Å². The number of aromatic nitrogens is 3. The summed E-state index contributed by atoms with van der Waals surface area (Å²) in [7, 11) is 0. The predicted molar refractivity (Wildman–Crippen MR) is 100 cm³/mol. The van der Waals surface area contributed by atoms with Crippen LogP contribution in [0.3, 0.4) is 0 Å². The van der Waals surface area contributed by atoms with Crippen LogP contribution in [-0.4, -0.2) is 27.0 Å². The maximum atomic E-state index is 13.1. The van der Waals surface area contributed by atoms with Gasteiger partial charge in [0.25, 0.3) is 0 Å². The van der Waals surface area contributed by atoms with Crippen molar-refractivity contribution in [2.45, 2.75) is 12.6 Å². The Morgan fingerprint density at radius 3 is 2.76 bits per heavy atom. The molecule has 0 saturated heterocycles. The molecule has 29 heavy (non-hydrogen) atoms. The van der Waals surface area contributed by atoms with E-state index in [1.54, 1.807) is 18.2 Å². The van der Waals surface area contributed by atoms with Crippen molar-refractivity contribution < 1.29 is 18.7 Å². The summed E-state index contributed by atoms with van der Waals surface area (Å²) in [5.41, 5.74) is 0.548. The Morgan fingerprint density at radius 2 is 2.00 bits per heavy atom. The lowest BCUT2D eigenvalue weighted by Gasteiger charge is -2.14. The Hall–Kier alpha value is -4.06. The van der Waals surface area contributed by atoms with Crippen LogP contribution >= 0.6 is 0 Å². The molecule has 9 heteroatoms. The van der Waals surface area contributed by atoms with Crippen LogP contribution in [0.2, 0.25) is 0 Å². The zero-order valence-corrected chi connectivity index (χ0v) is 15.0. The molecule has 1 aliphatic rings. The first-order valence-corrected chi connectivity index (χ1v) is 8.60. The number of carbonyl (C=O) groups excluding carboxylic acids is 1. The fourth-order valence-corrected chi connectivity index (χ4v) is 2.88. The number of carbonyl (C=O) groups is 1. The third kappa shape index (κ3) is 3.68. The molecule has 1 amide bonds. The Kier molecular flexibility index (Phi) is 4.75. The maximum absolute atomic E-state index is 13.1. The van der Waals surface area contributed by atoms with Gasteiger partial charge in [0.15, 0.2) is 11.5 Å². The Morgan fingerprint density at radius 1 is 1.24 bits per heavy atom. The zero-order chi connectivity index (χ0) is 20.4. The molecule has 0 saturated carbocycles. The number of hydrogen-bond acceptors (Lipinski definition) is 5. The smallest absolute Gasteiger partial charge is 0.350 e. The molecular formula is C20H15FN4O4. The first-order chi connectivity index (χ1) is 14.0. The van der Waals surface area contributed by atoms with E-state index < -0.39 is 23.5 Å². The number of rotatable bonds is 5. The average molecular weight is 394 g/mol. The number of benzene rings is 2. The van der Waals surface area contributed by atoms with Crippen LogP contribution in [-0.2, 0) is 11.3 Å². The van der Waals surface area contributed by atoms with E-state index in [9.17, 15) is 14.0 Å². The fraction of sp³-hybridized carbons (Fsp3) is 0.150. The molecule has 146 valence electrons. The van der Waals surface area contributed by atoms with Gasteiger partial charge < -0.3 is 14.8 Å². The van der Waals surface area contributed by atoms with Gasteiger partial charge in [0, 0.05) is 0 Å². The Bertz CT molecular complexity index is 1160. The highest BCUT2D eigenvalue weighted by atomic mass is 19.1. The molecular weight excluding hydrogens is 379 g/mol. The van der Waals surface area contributed by atoms with Crippen LogP contribution in [0, 0.1) is 18.2 Å². The van der Waals surface area contributed by atoms with Crippen LogP contribution in [0.5, 0.6) is 11.5 Å². The fourth-order valence-electron chi connectivity index (χ4n) is 2.88. The molecule has 3 aromatic rings. The van der Waals surface area contributed by atoms with Crippen molar-refractivity contribution in [1.82, 2.24) is 19.7 Å². The first kappa shape index (κ1) is 18.3. The molecule has 1 aliphatic heterocycles. The minimum atomic E-state index is -0.716. The zero-order valence-electron chi connectivity index (χ0n) is 15.0. The van der Waals surface area contributed by atoms with Crippen LogP contribution in [0.15, 0.2) is 53.6 Å². The highest BCUT2D eigenvalue weighted by Gasteiger charge is 2.19. The second-order valence-corrected chi connectivity index (χ2v) is 6.20. The maximum Gasteiger partial charge on any atom is 0.350 e. The summed E-state index contributed by atoms with van der Waals surface area (Å²) in [5.74, 6) is 2.75. The van der Waals surface area contributed by atoms with Gasteiger partial charge in [-0.15, -0.1) is 6.42 Å². The van der Waals surface area contributed by atoms with E-state index in [2.05, 4.69) is 16.3 Å². The molecule has 2 heterocycles. The van der Waals surface area contributed by atoms with Crippen molar-refractivity contribution in [2.24, 2.45) is 0 Å². The van der Waals surface area contributed by atoms with Crippen LogP contribution < -0.4 is 20.5 Å². The first-order valence-electron chi connectivity index (χ1n) is 8.60. The standard InChI is InChI=1S/C20H15FN4O4/c1-2-16(13-3-8-17-18(9-13)29-12-28-17)23-19(26)10-25-20(27)24(11-22-25)15-6-4-14(21)5-7-15/h1,3-9,11,16H,10,12H2,(H,23,26)/t16-/m0/s1. The molecule has 0 aliphatic carbocycles. The van der Waals surface area contributed by atoms with E-state index in [1.807, 2.05) is 0 Å². The van der Waals surface area contributed by atoms with Crippen molar-refractivity contribution in [1.29, 1.82) is 0 Å². The molecule has 2 aromatic carbocycles. The van der Waals surface area contributed by atoms with Crippen molar-refractivity contribution in [3.63, 3.8) is 0 Å². The molecule has 1 aromatic heterocycles. The molecule has 1 atom stereocenters. The van der Waals surface area contributed by atoms with Gasteiger partial charge in [0.1, 0.15) is 24.7 Å². The number of halogens is 1. The van der Waals surface area contributed by atoms with Crippen LogP contribution in [0.1, 0.15) is 11.6 Å². The second-order valence-electron chi connectivity index (χ2n) is 6.20.